The summed E-state index contributed by atoms with van der Waals surface area (Å²) in [6.07, 6.45) is 2.18. The summed E-state index contributed by atoms with van der Waals surface area (Å²) < 4.78 is 30.4. The molecule has 0 unspecified atom stereocenters. The molecule has 1 aliphatic rings. The van der Waals surface area contributed by atoms with Crippen molar-refractivity contribution in [3.05, 3.63) is 81.9 Å². The summed E-state index contributed by atoms with van der Waals surface area (Å²) in [5.74, 6) is 0.552. The maximum absolute atomic E-state index is 14.0. The first-order chi connectivity index (χ1) is 20.8. The Morgan fingerprint density at radius 2 is 1.80 bits per heavy atom. The number of hydrogen-bond donors (Lipinski definition) is 0. The lowest BCUT2D eigenvalue weighted by Gasteiger charge is -2.22. The fourth-order valence-electron chi connectivity index (χ4n) is 6.09. The SMILES string of the molecule is CC1=C(c2c(Cl)ccc3c(CCCOc4cccc5cc(F)ccc45)c(C(=O)OC(C)(C)C)n(CCC(C)C)c23)C(C)=[N+]1C. The second-order valence-corrected chi connectivity index (χ2v) is 13.6. The molecule has 0 saturated carbocycles. The van der Waals surface area contributed by atoms with Gasteiger partial charge in [0.05, 0.1) is 17.1 Å². The molecule has 0 bridgehead atoms. The Balaban J connectivity index is 1.59. The highest BCUT2D eigenvalue weighted by Gasteiger charge is 2.36. The lowest BCUT2D eigenvalue weighted by Crippen LogP contribution is -2.27. The number of benzene rings is 3. The number of aryl methyl sites for hydroxylation is 2. The molecular weight excluding hydrogens is 575 g/mol. The molecule has 0 amide bonds. The van der Waals surface area contributed by atoms with Crippen molar-refractivity contribution in [1.82, 2.24) is 4.57 Å². The molecule has 0 aliphatic carbocycles. The van der Waals surface area contributed by atoms with Gasteiger partial charge in [-0.3, -0.25) is 0 Å². The topological polar surface area (TPSA) is 43.5 Å². The van der Waals surface area contributed by atoms with Crippen LogP contribution in [0.1, 0.15) is 82.9 Å². The molecule has 5 rings (SSSR count). The van der Waals surface area contributed by atoms with Crippen molar-refractivity contribution in [2.75, 3.05) is 13.7 Å². The van der Waals surface area contributed by atoms with Gasteiger partial charge >= 0.3 is 5.97 Å². The Morgan fingerprint density at radius 1 is 1.07 bits per heavy atom. The largest absolute Gasteiger partial charge is 0.493 e. The minimum absolute atomic E-state index is 0.273. The number of carbonyl (C=O) groups excluding carboxylic acids is 1. The molecule has 0 spiro atoms. The molecule has 0 N–H and O–H groups in total. The van der Waals surface area contributed by atoms with Crippen LogP contribution in [0.15, 0.2) is 54.2 Å². The van der Waals surface area contributed by atoms with Gasteiger partial charge in [-0.1, -0.05) is 43.6 Å². The molecule has 44 heavy (non-hydrogen) atoms. The minimum Gasteiger partial charge on any atom is -0.493 e. The number of allylic oxidation sites excluding steroid dienone is 2. The van der Waals surface area contributed by atoms with E-state index in [2.05, 4.69) is 43.9 Å². The third-order valence-electron chi connectivity index (χ3n) is 8.41. The molecular formula is C37H43ClFN2O3+. The summed E-state index contributed by atoms with van der Waals surface area (Å²) in [6.45, 7) is 15.4. The molecule has 5 nitrogen and oxygen atoms in total. The normalized spacial score (nSPS) is 13.8. The van der Waals surface area contributed by atoms with Gasteiger partial charge in [-0.05, 0) is 87.2 Å². The number of halogens is 2. The van der Waals surface area contributed by atoms with Gasteiger partial charge in [0.25, 0.3) is 0 Å². The van der Waals surface area contributed by atoms with E-state index in [0.717, 1.165) is 56.2 Å². The van der Waals surface area contributed by atoms with Gasteiger partial charge in [-0.2, -0.15) is 0 Å². The Hall–Kier alpha value is -3.64. The van der Waals surface area contributed by atoms with Gasteiger partial charge in [0, 0.05) is 36.7 Å². The summed E-state index contributed by atoms with van der Waals surface area (Å²) in [5, 5.41) is 3.34. The summed E-state index contributed by atoms with van der Waals surface area (Å²) in [5.41, 5.74) is 6.26. The standard InChI is InChI=1S/C37H43ClFN2O3/c1-22(2)18-19-41-34-29(16-17-30(38)33(34)32-23(3)40(8)24(32)4)28(35(41)36(42)44-37(5,6)7)12-10-20-43-31-13-9-11-25-21-26(39)14-15-27(25)31/h9,11,13-17,21-22H,10,12,18-20H2,1-8H3/q+1. The van der Waals surface area contributed by atoms with E-state index >= 15 is 0 Å². The predicted molar refractivity (Wildman–Crippen MR) is 179 cm³/mol. The van der Waals surface area contributed by atoms with Gasteiger partial charge < -0.3 is 14.0 Å². The van der Waals surface area contributed by atoms with Crippen molar-refractivity contribution in [1.29, 1.82) is 0 Å². The molecule has 0 saturated heterocycles. The molecule has 7 heteroatoms. The van der Waals surface area contributed by atoms with Gasteiger partial charge in [0.1, 0.15) is 35.5 Å². The molecule has 4 aromatic rings. The Labute approximate surface area is 264 Å². The van der Waals surface area contributed by atoms with Crippen LogP contribution in [0.3, 0.4) is 0 Å². The number of fused-ring (bicyclic) bond motifs is 2. The van der Waals surface area contributed by atoms with Crippen LogP contribution in [0.5, 0.6) is 5.75 Å². The number of nitrogens with zero attached hydrogens (tertiary/aromatic N) is 2. The lowest BCUT2D eigenvalue weighted by atomic mass is 9.92. The maximum Gasteiger partial charge on any atom is 0.355 e. The number of esters is 1. The van der Waals surface area contributed by atoms with E-state index in [9.17, 15) is 9.18 Å². The molecule has 0 radical (unpaired) electrons. The second-order valence-electron chi connectivity index (χ2n) is 13.2. The van der Waals surface area contributed by atoms with E-state index in [-0.39, 0.29) is 11.8 Å². The van der Waals surface area contributed by atoms with Crippen LogP contribution in [0, 0.1) is 11.7 Å². The van der Waals surface area contributed by atoms with Crippen LogP contribution in [-0.4, -0.2) is 40.1 Å². The molecule has 232 valence electrons. The number of carbonyl (C=O) groups is 1. The molecule has 0 fully saturated rings. The van der Waals surface area contributed by atoms with E-state index in [1.165, 1.54) is 12.1 Å². The quantitative estimate of drug-likeness (QED) is 0.101. The van der Waals surface area contributed by atoms with Gasteiger partial charge in [0.15, 0.2) is 11.4 Å². The van der Waals surface area contributed by atoms with Crippen molar-refractivity contribution < 1.29 is 23.2 Å². The number of ether oxygens (including phenoxy) is 2. The zero-order valence-electron chi connectivity index (χ0n) is 27.1. The summed E-state index contributed by atoms with van der Waals surface area (Å²) in [6, 6.07) is 14.4. The third kappa shape index (κ3) is 6.14. The van der Waals surface area contributed by atoms with E-state index in [4.69, 9.17) is 21.1 Å². The van der Waals surface area contributed by atoms with Crippen LogP contribution in [-0.2, 0) is 17.7 Å². The van der Waals surface area contributed by atoms with Crippen molar-refractivity contribution in [3.8, 4) is 5.75 Å². The van der Waals surface area contributed by atoms with Crippen molar-refractivity contribution in [2.45, 2.75) is 79.9 Å². The monoisotopic (exact) mass is 617 g/mol. The van der Waals surface area contributed by atoms with Crippen molar-refractivity contribution >= 4 is 50.5 Å². The Morgan fingerprint density at radius 3 is 2.48 bits per heavy atom. The minimum atomic E-state index is -0.648. The van der Waals surface area contributed by atoms with E-state index in [1.807, 2.05) is 51.1 Å². The molecule has 0 atom stereocenters. The zero-order chi connectivity index (χ0) is 31.9. The third-order valence-corrected chi connectivity index (χ3v) is 8.73. The number of rotatable bonds is 10. The van der Waals surface area contributed by atoms with Crippen LogP contribution >= 0.6 is 11.6 Å². The summed E-state index contributed by atoms with van der Waals surface area (Å²) in [7, 11) is 2.06. The van der Waals surface area contributed by atoms with Crippen LogP contribution in [0.4, 0.5) is 4.39 Å². The number of hydrogen-bond acceptors (Lipinski definition) is 3. The first kappa shape index (κ1) is 31.8. The van der Waals surface area contributed by atoms with Crippen LogP contribution in [0.25, 0.3) is 27.2 Å². The summed E-state index contributed by atoms with van der Waals surface area (Å²) in [4.78, 5) is 14.0. The van der Waals surface area contributed by atoms with E-state index in [1.54, 1.807) is 6.07 Å². The van der Waals surface area contributed by atoms with E-state index < -0.39 is 5.60 Å². The highest BCUT2D eigenvalue weighted by molar-refractivity contribution is 6.38. The van der Waals surface area contributed by atoms with Crippen LogP contribution < -0.4 is 4.74 Å². The molecule has 1 aromatic heterocycles. The Kier molecular flexibility index (Phi) is 8.95. The Bertz CT molecular complexity index is 1820. The smallest absolute Gasteiger partial charge is 0.355 e. The summed E-state index contributed by atoms with van der Waals surface area (Å²) >= 11 is 6.98. The lowest BCUT2D eigenvalue weighted by molar-refractivity contribution is -0.451. The molecule has 3 aromatic carbocycles. The zero-order valence-corrected chi connectivity index (χ0v) is 27.9. The first-order valence-electron chi connectivity index (χ1n) is 15.5. The van der Waals surface area contributed by atoms with E-state index in [0.29, 0.717) is 48.4 Å². The number of aromatic nitrogens is 1. The fourth-order valence-corrected chi connectivity index (χ4v) is 6.34. The first-order valence-corrected chi connectivity index (χ1v) is 15.8. The van der Waals surface area contributed by atoms with Crippen molar-refractivity contribution in [2.24, 2.45) is 5.92 Å². The highest BCUT2D eigenvalue weighted by Crippen LogP contribution is 2.42. The average molecular weight is 618 g/mol. The average Bonchev–Trinajstić information content (AvgIpc) is 3.27. The second kappa shape index (κ2) is 12.4. The predicted octanol–water partition coefficient (Wildman–Crippen LogP) is 9.45. The molecule has 2 heterocycles. The highest BCUT2D eigenvalue weighted by atomic mass is 35.5. The van der Waals surface area contributed by atoms with Gasteiger partial charge in [-0.15, -0.1) is 0 Å². The molecule has 1 aliphatic heterocycles. The van der Waals surface area contributed by atoms with Gasteiger partial charge in [-0.25, -0.2) is 13.8 Å². The van der Waals surface area contributed by atoms with Gasteiger partial charge in [0.2, 0.25) is 0 Å². The van der Waals surface area contributed by atoms with Crippen LogP contribution in [0.2, 0.25) is 5.02 Å². The fraction of sp³-hybridized carbons (Fsp3) is 0.405. The maximum atomic E-state index is 14.0. The van der Waals surface area contributed by atoms with Crippen molar-refractivity contribution in [3.63, 3.8) is 0 Å².